The lowest BCUT2D eigenvalue weighted by molar-refractivity contribution is 0.234. The Morgan fingerprint density at radius 1 is 1.21 bits per heavy atom. The maximum Gasteiger partial charge on any atom is 0.341 e. The van der Waals surface area contributed by atoms with E-state index in [1.807, 2.05) is 4.90 Å². The monoisotopic (exact) mass is 287 g/mol. The lowest BCUT2D eigenvalue weighted by Gasteiger charge is -2.30. The van der Waals surface area contributed by atoms with Crippen LogP contribution in [0.4, 0.5) is 14.5 Å². The van der Waals surface area contributed by atoms with Gasteiger partial charge in [-0.3, -0.25) is 0 Å². The molecule has 0 N–H and O–H groups in total. The number of anilines is 1. The van der Waals surface area contributed by atoms with Crippen molar-refractivity contribution in [2.45, 2.75) is 36.0 Å². The maximum atomic E-state index is 12.7. The Balaban J connectivity index is 2.04. The summed E-state index contributed by atoms with van der Waals surface area (Å²) in [4.78, 5) is 1.75. The third-order valence-corrected chi connectivity index (χ3v) is 5.55. The minimum atomic E-state index is -4.54. The zero-order chi connectivity index (χ0) is 13.6. The number of hydrogen-bond donors (Lipinski definition) is 0. The largest absolute Gasteiger partial charge is 0.367 e. The van der Waals surface area contributed by atoms with Gasteiger partial charge in [0.05, 0.1) is 10.6 Å². The average Bonchev–Trinajstić information content (AvgIpc) is 3.00. The Labute approximate surface area is 111 Å². The molecule has 0 amide bonds. The van der Waals surface area contributed by atoms with Crippen LogP contribution in [0.25, 0.3) is 0 Å². The highest BCUT2D eigenvalue weighted by molar-refractivity contribution is 7.91. The normalized spacial score (nSPS) is 26.4. The molecule has 104 valence electrons. The lowest BCUT2D eigenvalue weighted by Crippen LogP contribution is -2.33. The van der Waals surface area contributed by atoms with E-state index < -0.39 is 15.6 Å². The molecule has 2 atom stereocenters. The van der Waals surface area contributed by atoms with E-state index in [0.29, 0.717) is 17.6 Å². The SMILES string of the molecule is O=S(=O)(c1ccccc1N1CC2CCC1C2)C(F)F. The topological polar surface area (TPSA) is 37.4 Å². The first-order valence-corrected chi connectivity index (χ1v) is 7.92. The minimum Gasteiger partial charge on any atom is -0.367 e. The van der Waals surface area contributed by atoms with Gasteiger partial charge in [0.1, 0.15) is 0 Å². The molecule has 1 saturated carbocycles. The smallest absolute Gasteiger partial charge is 0.341 e. The van der Waals surface area contributed by atoms with Crippen LogP contribution in [0.1, 0.15) is 19.3 Å². The number of para-hydroxylation sites is 1. The van der Waals surface area contributed by atoms with E-state index in [1.54, 1.807) is 12.1 Å². The molecule has 2 unspecified atom stereocenters. The van der Waals surface area contributed by atoms with Crippen LogP contribution in [0.15, 0.2) is 29.2 Å². The number of sulfone groups is 1. The van der Waals surface area contributed by atoms with Gasteiger partial charge in [-0.05, 0) is 37.3 Å². The molecule has 1 saturated heterocycles. The van der Waals surface area contributed by atoms with Gasteiger partial charge in [0.25, 0.3) is 0 Å². The van der Waals surface area contributed by atoms with Gasteiger partial charge in [0, 0.05) is 12.6 Å². The predicted molar refractivity (Wildman–Crippen MR) is 68.1 cm³/mol. The first-order chi connectivity index (χ1) is 9.00. The van der Waals surface area contributed by atoms with Crippen LogP contribution >= 0.6 is 0 Å². The quantitative estimate of drug-likeness (QED) is 0.857. The number of rotatable bonds is 3. The second kappa shape index (κ2) is 4.44. The first-order valence-electron chi connectivity index (χ1n) is 6.38. The molecule has 2 fully saturated rings. The van der Waals surface area contributed by atoms with Crippen LogP contribution in [0.3, 0.4) is 0 Å². The number of hydrogen-bond acceptors (Lipinski definition) is 3. The summed E-state index contributed by atoms with van der Waals surface area (Å²) in [5, 5.41) is 0. The number of halogens is 2. The Kier molecular flexibility index (Phi) is 3.00. The molecule has 19 heavy (non-hydrogen) atoms. The summed E-state index contributed by atoms with van der Waals surface area (Å²) in [6.07, 6.45) is 3.22. The molecule has 1 aliphatic heterocycles. The van der Waals surface area contributed by atoms with Crippen LogP contribution in [0, 0.1) is 5.92 Å². The van der Waals surface area contributed by atoms with Crippen molar-refractivity contribution in [2.75, 3.05) is 11.4 Å². The molecule has 6 heteroatoms. The van der Waals surface area contributed by atoms with Crippen LogP contribution in [0.2, 0.25) is 0 Å². The van der Waals surface area contributed by atoms with Crippen LogP contribution < -0.4 is 4.90 Å². The molecule has 3 rings (SSSR count). The fraction of sp³-hybridized carbons (Fsp3) is 0.538. The zero-order valence-electron chi connectivity index (χ0n) is 10.3. The summed E-state index contributed by atoms with van der Waals surface area (Å²) in [6, 6.07) is 6.41. The molecule has 2 aliphatic rings. The third-order valence-electron chi connectivity index (χ3n) is 4.12. The fourth-order valence-electron chi connectivity index (χ4n) is 3.25. The zero-order valence-corrected chi connectivity index (χ0v) is 11.1. The summed E-state index contributed by atoms with van der Waals surface area (Å²) in [5.41, 5.74) is 0.440. The third kappa shape index (κ3) is 2.02. The van der Waals surface area contributed by atoms with E-state index >= 15 is 0 Å². The Hall–Kier alpha value is -1.17. The minimum absolute atomic E-state index is 0.238. The van der Waals surface area contributed by atoms with E-state index in [0.717, 1.165) is 25.8 Å². The van der Waals surface area contributed by atoms with Crippen molar-refractivity contribution in [2.24, 2.45) is 5.92 Å². The Bertz CT molecular complexity index is 588. The van der Waals surface area contributed by atoms with Crippen molar-refractivity contribution in [3.05, 3.63) is 24.3 Å². The summed E-state index contributed by atoms with van der Waals surface area (Å²) in [7, 11) is -4.54. The predicted octanol–water partition coefficient (Wildman–Crippen LogP) is 2.67. The molecule has 3 nitrogen and oxygen atoms in total. The number of nitrogens with zero attached hydrogens (tertiary/aromatic N) is 1. The van der Waals surface area contributed by atoms with Gasteiger partial charge in [-0.1, -0.05) is 12.1 Å². The van der Waals surface area contributed by atoms with Crippen molar-refractivity contribution in [1.29, 1.82) is 0 Å². The van der Waals surface area contributed by atoms with Gasteiger partial charge in [-0.2, -0.15) is 8.78 Å². The van der Waals surface area contributed by atoms with Crippen molar-refractivity contribution in [3.63, 3.8) is 0 Å². The molecule has 1 aliphatic carbocycles. The molecular weight excluding hydrogens is 272 g/mol. The number of benzene rings is 1. The molecule has 0 radical (unpaired) electrons. The second-order valence-electron chi connectivity index (χ2n) is 5.26. The van der Waals surface area contributed by atoms with Gasteiger partial charge in [0.15, 0.2) is 0 Å². The van der Waals surface area contributed by atoms with Crippen molar-refractivity contribution < 1.29 is 17.2 Å². The highest BCUT2D eigenvalue weighted by Gasteiger charge is 2.40. The summed E-state index contributed by atoms with van der Waals surface area (Å²) < 4.78 is 49.0. The molecule has 2 bridgehead atoms. The molecule has 0 aromatic heterocycles. The molecule has 1 aromatic carbocycles. The lowest BCUT2D eigenvalue weighted by atomic mass is 10.1. The van der Waals surface area contributed by atoms with E-state index in [-0.39, 0.29) is 4.90 Å². The van der Waals surface area contributed by atoms with E-state index in [4.69, 9.17) is 0 Å². The Morgan fingerprint density at radius 3 is 2.53 bits per heavy atom. The van der Waals surface area contributed by atoms with Crippen molar-refractivity contribution in [3.8, 4) is 0 Å². The molecule has 0 spiro atoms. The number of fused-ring (bicyclic) bond motifs is 2. The van der Waals surface area contributed by atoms with Gasteiger partial charge >= 0.3 is 5.76 Å². The van der Waals surface area contributed by atoms with E-state index in [2.05, 4.69) is 0 Å². The Morgan fingerprint density at radius 2 is 1.95 bits per heavy atom. The van der Waals surface area contributed by atoms with Gasteiger partial charge in [0.2, 0.25) is 9.84 Å². The van der Waals surface area contributed by atoms with Crippen LogP contribution in [0.5, 0.6) is 0 Å². The maximum absolute atomic E-state index is 12.7. The fourth-order valence-corrected chi connectivity index (χ4v) is 4.19. The molecule has 1 aromatic rings. The van der Waals surface area contributed by atoms with Gasteiger partial charge in [-0.15, -0.1) is 0 Å². The highest BCUT2D eigenvalue weighted by atomic mass is 32.2. The summed E-state index contributed by atoms with van der Waals surface area (Å²) >= 11 is 0. The van der Waals surface area contributed by atoms with Gasteiger partial charge < -0.3 is 4.90 Å². The number of alkyl halides is 2. The van der Waals surface area contributed by atoms with E-state index in [1.165, 1.54) is 12.1 Å². The standard InChI is InChI=1S/C13H15F2NO2S/c14-13(15)19(17,18)12-4-2-1-3-11(12)16-8-9-5-6-10(16)7-9/h1-4,9-10,13H,5-8H2. The summed E-state index contributed by atoms with van der Waals surface area (Å²) in [6.45, 7) is 0.778. The molecule has 1 heterocycles. The summed E-state index contributed by atoms with van der Waals surface area (Å²) in [5.74, 6) is -2.79. The van der Waals surface area contributed by atoms with Gasteiger partial charge in [-0.25, -0.2) is 8.42 Å². The molecular formula is C13H15F2NO2S. The van der Waals surface area contributed by atoms with Crippen LogP contribution in [-0.4, -0.2) is 26.8 Å². The second-order valence-corrected chi connectivity index (χ2v) is 7.14. The highest BCUT2D eigenvalue weighted by Crippen LogP contribution is 2.42. The average molecular weight is 287 g/mol. The van der Waals surface area contributed by atoms with E-state index in [9.17, 15) is 17.2 Å². The number of piperidine rings is 1. The van der Waals surface area contributed by atoms with Crippen molar-refractivity contribution >= 4 is 15.5 Å². The van der Waals surface area contributed by atoms with Crippen molar-refractivity contribution in [1.82, 2.24) is 0 Å². The first kappa shape index (κ1) is 12.8. The van der Waals surface area contributed by atoms with Crippen LogP contribution in [-0.2, 0) is 9.84 Å².